The van der Waals surface area contributed by atoms with Crippen LogP contribution in [0.4, 0.5) is 0 Å². The molecule has 0 aliphatic heterocycles. The molecule has 2 rings (SSSR count). The third-order valence-corrected chi connectivity index (χ3v) is 3.69. The Morgan fingerprint density at radius 3 is 3.00 bits per heavy atom. The minimum absolute atomic E-state index is 0.490. The van der Waals surface area contributed by atoms with Gasteiger partial charge in [-0.05, 0) is 12.1 Å². The molecule has 0 aliphatic carbocycles. The number of hydrogen-bond acceptors (Lipinski definition) is 3. The predicted octanol–water partition coefficient (Wildman–Crippen LogP) is 2.00. The number of aromatic nitrogens is 1. The van der Waals surface area contributed by atoms with Gasteiger partial charge >= 0.3 is 0 Å². The van der Waals surface area contributed by atoms with Crippen LogP contribution in [0.2, 0.25) is 0 Å². The largest absolute Gasteiger partial charge is 0.370 e. The fraction of sp³-hybridized carbons (Fsp3) is 0.286. The highest BCUT2D eigenvalue weighted by atomic mass is 32.2. The molecule has 0 atom stereocenters. The predicted molar refractivity (Wildman–Crippen MR) is 83.5 cm³/mol. The van der Waals surface area contributed by atoms with Crippen LogP contribution in [-0.4, -0.2) is 30.3 Å². The molecule has 1 heterocycles. The molecule has 100 valence electrons. The van der Waals surface area contributed by atoms with Gasteiger partial charge in [-0.1, -0.05) is 24.3 Å². The van der Waals surface area contributed by atoms with Crippen LogP contribution in [0.1, 0.15) is 5.69 Å². The molecule has 19 heavy (non-hydrogen) atoms. The first-order valence-electron chi connectivity index (χ1n) is 6.18. The molecule has 0 unspecified atom stereocenters. The standard InChI is InChI=1S/C14H18N4S/c1-16-14(15)17-8-9-19-10-12-7-6-11-4-2-3-5-13(11)18-12/h2-7H,8-10H2,1H3,(H3,15,16,17). The fourth-order valence-corrected chi connectivity index (χ4v) is 2.46. The number of benzene rings is 1. The molecule has 0 saturated heterocycles. The maximum Gasteiger partial charge on any atom is 0.188 e. The molecular formula is C14H18N4S. The smallest absolute Gasteiger partial charge is 0.188 e. The van der Waals surface area contributed by atoms with Crippen molar-refractivity contribution in [1.82, 2.24) is 10.3 Å². The average Bonchev–Trinajstić information content (AvgIpc) is 2.46. The van der Waals surface area contributed by atoms with E-state index in [-0.39, 0.29) is 0 Å². The summed E-state index contributed by atoms with van der Waals surface area (Å²) < 4.78 is 0. The van der Waals surface area contributed by atoms with Gasteiger partial charge in [0.05, 0.1) is 11.2 Å². The molecule has 0 saturated carbocycles. The summed E-state index contributed by atoms with van der Waals surface area (Å²) in [6.07, 6.45) is 0. The van der Waals surface area contributed by atoms with E-state index in [0.29, 0.717) is 5.96 Å². The van der Waals surface area contributed by atoms with Crippen molar-refractivity contribution in [2.24, 2.45) is 10.7 Å². The number of nitrogens with one attached hydrogen (secondary N) is 1. The summed E-state index contributed by atoms with van der Waals surface area (Å²) in [4.78, 5) is 8.47. The highest BCUT2D eigenvalue weighted by Crippen LogP contribution is 2.15. The topological polar surface area (TPSA) is 63.3 Å². The molecular weight excluding hydrogens is 256 g/mol. The van der Waals surface area contributed by atoms with E-state index in [0.717, 1.165) is 29.3 Å². The lowest BCUT2D eigenvalue weighted by Gasteiger charge is -2.05. The Morgan fingerprint density at radius 2 is 2.16 bits per heavy atom. The third kappa shape index (κ3) is 4.13. The number of rotatable bonds is 5. The minimum Gasteiger partial charge on any atom is -0.370 e. The molecule has 2 aromatic rings. The third-order valence-electron chi connectivity index (χ3n) is 2.70. The van der Waals surface area contributed by atoms with E-state index < -0.39 is 0 Å². The Kier molecular flexibility index (Phi) is 5.03. The average molecular weight is 274 g/mol. The molecule has 0 radical (unpaired) electrons. The Bertz CT molecular complexity index is 568. The van der Waals surface area contributed by atoms with E-state index in [2.05, 4.69) is 33.5 Å². The van der Waals surface area contributed by atoms with Gasteiger partial charge in [-0.2, -0.15) is 11.8 Å². The molecule has 1 aromatic heterocycles. The first kappa shape index (κ1) is 13.7. The fourth-order valence-electron chi connectivity index (χ4n) is 1.70. The second-order valence-electron chi connectivity index (χ2n) is 4.08. The molecule has 5 heteroatoms. The van der Waals surface area contributed by atoms with Crippen LogP contribution in [0.15, 0.2) is 41.4 Å². The zero-order chi connectivity index (χ0) is 13.5. The quantitative estimate of drug-likeness (QED) is 0.497. The highest BCUT2D eigenvalue weighted by Gasteiger charge is 1.98. The Balaban J connectivity index is 1.81. The van der Waals surface area contributed by atoms with Gasteiger partial charge in [-0.25, -0.2) is 0 Å². The summed E-state index contributed by atoms with van der Waals surface area (Å²) in [5.74, 6) is 2.38. The number of nitrogens with zero attached hydrogens (tertiary/aromatic N) is 2. The van der Waals surface area contributed by atoms with Crippen LogP contribution in [0.3, 0.4) is 0 Å². The number of nitrogens with two attached hydrogens (primary N) is 1. The number of para-hydroxylation sites is 1. The van der Waals surface area contributed by atoms with Crippen LogP contribution in [-0.2, 0) is 5.75 Å². The zero-order valence-electron chi connectivity index (χ0n) is 11.0. The number of pyridine rings is 1. The van der Waals surface area contributed by atoms with Gasteiger partial charge in [0, 0.05) is 30.5 Å². The lowest BCUT2D eigenvalue weighted by atomic mass is 10.2. The summed E-state index contributed by atoms with van der Waals surface area (Å²) in [7, 11) is 1.68. The van der Waals surface area contributed by atoms with Crippen LogP contribution < -0.4 is 11.1 Å². The molecule has 4 nitrogen and oxygen atoms in total. The van der Waals surface area contributed by atoms with Gasteiger partial charge in [0.25, 0.3) is 0 Å². The van der Waals surface area contributed by atoms with E-state index in [1.807, 2.05) is 30.0 Å². The van der Waals surface area contributed by atoms with Crippen LogP contribution in [0.5, 0.6) is 0 Å². The Labute approximate surface area is 117 Å². The molecule has 0 spiro atoms. The van der Waals surface area contributed by atoms with E-state index in [1.54, 1.807) is 7.05 Å². The van der Waals surface area contributed by atoms with Gasteiger partial charge in [0.1, 0.15) is 0 Å². The van der Waals surface area contributed by atoms with Gasteiger partial charge in [0.2, 0.25) is 0 Å². The zero-order valence-corrected chi connectivity index (χ0v) is 11.8. The highest BCUT2D eigenvalue weighted by molar-refractivity contribution is 7.98. The molecule has 1 aromatic carbocycles. The molecule has 0 fully saturated rings. The van der Waals surface area contributed by atoms with E-state index in [9.17, 15) is 0 Å². The van der Waals surface area contributed by atoms with Crippen molar-refractivity contribution in [3.8, 4) is 0 Å². The Hall–Kier alpha value is -1.75. The summed E-state index contributed by atoms with van der Waals surface area (Å²) in [6, 6.07) is 12.4. The number of thioether (sulfide) groups is 1. The van der Waals surface area contributed by atoms with E-state index >= 15 is 0 Å². The molecule has 0 aliphatic rings. The lowest BCUT2D eigenvalue weighted by molar-refractivity contribution is 0.958. The first-order chi connectivity index (χ1) is 9.29. The van der Waals surface area contributed by atoms with Crippen molar-refractivity contribution in [3.05, 3.63) is 42.1 Å². The summed E-state index contributed by atoms with van der Waals surface area (Å²) in [5.41, 5.74) is 7.71. The first-order valence-corrected chi connectivity index (χ1v) is 7.33. The van der Waals surface area contributed by atoms with Crippen LogP contribution in [0, 0.1) is 0 Å². The Morgan fingerprint density at radius 1 is 1.32 bits per heavy atom. The number of guanidine groups is 1. The van der Waals surface area contributed by atoms with Crippen molar-refractivity contribution in [1.29, 1.82) is 0 Å². The number of aliphatic imine (C=N–C) groups is 1. The van der Waals surface area contributed by atoms with Gasteiger partial charge in [-0.3, -0.25) is 9.98 Å². The number of hydrogen-bond donors (Lipinski definition) is 2. The molecule has 0 amide bonds. The van der Waals surface area contributed by atoms with Gasteiger partial charge < -0.3 is 11.1 Å². The van der Waals surface area contributed by atoms with Crippen LogP contribution >= 0.6 is 11.8 Å². The van der Waals surface area contributed by atoms with Crippen molar-refractivity contribution in [2.45, 2.75) is 5.75 Å². The lowest BCUT2D eigenvalue weighted by Crippen LogP contribution is -2.32. The molecule has 0 bridgehead atoms. The SMILES string of the molecule is CN=C(N)NCCSCc1ccc2ccccc2n1. The minimum atomic E-state index is 0.490. The van der Waals surface area contributed by atoms with Crippen molar-refractivity contribution < 1.29 is 0 Å². The molecule has 3 N–H and O–H groups in total. The maximum absolute atomic E-state index is 5.55. The summed E-state index contributed by atoms with van der Waals surface area (Å²) in [5, 5.41) is 4.22. The van der Waals surface area contributed by atoms with Crippen molar-refractivity contribution in [3.63, 3.8) is 0 Å². The van der Waals surface area contributed by atoms with Gasteiger partial charge in [0.15, 0.2) is 5.96 Å². The monoisotopic (exact) mass is 274 g/mol. The maximum atomic E-state index is 5.55. The summed E-state index contributed by atoms with van der Waals surface area (Å²) in [6.45, 7) is 0.821. The van der Waals surface area contributed by atoms with E-state index in [4.69, 9.17) is 5.73 Å². The van der Waals surface area contributed by atoms with Gasteiger partial charge in [-0.15, -0.1) is 0 Å². The normalized spacial score (nSPS) is 11.7. The summed E-state index contributed by atoms with van der Waals surface area (Å²) >= 11 is 1.83. The van der Waals surface area contributed by atoms with Crippen molar-refractivity contribution in [2.75, 3.05) is 19.3 Å². The van der Waals surface area contributed by atoms with Crippen LogP contribution in [0.25, 0.3) is 10.9 Å². The van der Waals surface area contributed by atoms with Crippen molar-refractivity contribution >= 4 is 28.6 Å². The second-order valence-corrected chi connectivity index (χ2v) is 5.19. The van der Waals surface area contributed by atoms with E-state index in [1.165, 1.54) is 5.39 Å². The number of fused-ring (bicyclic) bond motifs is 1. The second kappa shape index (κ2) is 6.99.